The Balaban J connectivity index is 1.43. The van der Waals surface area contributed by atoms with E-state index in [9.17, 15) is 13.2 Å². The maximum atomic E-state index is 12.5. The highest BCUT2D eigenvalue weighted by molar-refractivity contribution is 6.29. The van der Waals surface area contributed by atoms with Gasteiger partial charge in [-0.25, -0.2) is 9.97 Å². The molecule has 2 aromatic heterocycles. The normalized spacial score (nSPS) is 14.8. The smallest absolute Gasteiger partial charge is 0.494 e. The zero-order valence-corrected chi connectivity index (χ0v) is 20.6. The average molecular weight is 531 g/mol. The van der Waals surface area contributed by atoms with Crippen LogP contribution >= 0.6 is 11.6 Å². The second kappa shape index (κ2) is 9.81. The van der Waals surface area contributed by atoms with Crippen LogP contribution in [0.3, 0.4) is 0 Å². The van der Waals surface area contributed by atoms with Crippen LogP contribution in [0.5, 0.6) is 11.5 Å². The van der Waals surface area contributed by atoms with Crippen LogP contribution in [0.2, 0.25) is 5.15 Å². The van der Waals surface area contributed by atoms with Gasteiger partial charge in [0.05, 0.1) is 18.5 Å². The van der Waals surface area contributed by atoms with E-state index in [2.05, 4.69) is 25.3 Å². The summed E-state index contributed by atoms with van der Waals surface area (Å²) in [5, 5.41) is 6.74. The first-order chi connectivity index (χ1) is 17.7. The third kappa shape index (κ3) is 5.26. The van der Waals surface area contributed by atoms with Gasteiger partial charge in [0, 0.05) is 36.5 Å². The van der Waals surface area contributed by atoms with E-state index < -0.39 is 6.36 Å². The molecule has 37 heavy (non-hydrogen) atoms. The maximum Gasteiger partial charge on any atom is 0.573 e. The molecule has 0 bridgehead atoms. The number of halogens is 4. The van der Waals surface area contributed by atoms with Crippen LogP contribution in [-0.4, -0.2) is 40.0 Å². The van der Waals surface area contributed by atoms with Crippen LogP contribution in [0, 0.1) is 0 Å². The van der Waals surface area contributed by atoms with Crippen molar-refractivity contribution in [1.82, 2.24) is 19.5 Å². The van der Waals surface area contributed by atoms with Gasteiger partial charge in [-0.15, -0.1) is 13.2 Å². The molecule has 0 unspecified atom stereocenters. The zero-order valence-electron chi connectivity index (χ0n) is 19.8. The second-order valence-electron chi connectivity index (χ2n) is 8.33. The van der Waals surface area contributed by atoms with E-state index in [4.69, 9.17) is 21.3 Å². The van der Waals surface area contributed by atoms with Crippen molar-refractivity contribution in [2.24, 2.45) is 0 Å². The Labute approximate surface area is 215 Å². The van der Waals surface area contributed by atoms with Gasteiger partial charge >= 0.3 is 6.36 Å². The summed E-state index contributed by atoms with van der Waals surface area (Å²) in [4.78, 5) is 13.5. The third-order valence-electron chi connectivity index (χ3n) is 6.07. The molecule has 2 aromatic carbocycles. The lowest BCUT2D eigenvalue weighted by molar-refractivity contribution is -0.274. The summed E-state index contributed by atoms with van der Waals surface area (Å²) in [5.41, 5.74) is 4.12. The molecule has 0 fully saturated rings. The number of benzene rings is 2. The molecule has 2 heterocycles. The van der Waals surface area contributed by atoms with Crippen molar-refractivity contribution >= 4 is 29.1 Å². The van der Waals surface area contributed by atoms with Crippen molar-refractivity contribution in [2.75, 3.05) is 24.8 Å². The molecule has 1 aliphatic rings. The highest BCUT2D eigenvalue weighted by Crippen LogP contribution is 2.41. The van der Waals surface area contributed by atoms with Crippen LogP contribution in [0.1, 0.15) is 29.2 Å². The molecule has 0 saturated heterocycles. The summed E-state index contributed by atoms with van der Waals surface area (Å²) >= 11 is 5.95. The molecule has 2 N–H and O–H groups in total. The number of alkyl halides is 3. The first kappa shape index (κ1) is 24.7. The van der Waals surface area contributed by atoms with Crippen molar-refractivity contribution in [2.45, 2.75) is 25.1 Å². The van der Waals surface area contributed by atoms with Crippen LogP contribution in [0.15, 0.2) is 55.0 Å². The van der Waals surface area contributed by atoms with E-state index in [0.29, 0.717) is 28.4 Å². The van der Waals surface area contributed by atoms with Gasteiger partial charge in [-0.3, -0.25) is 0 Å². The van der Waals surface area contributed by atoms with E-state index >= 15 is 0 Å². The Bertz CT molecular complexity index is 1430. The highest BCUT2D eigenvalue weighted by atomic mass is 35.5. The van der Waals surface area contributed by atoms with Crippen molar-refractivity contribution in [3.8, 4) is 17.2 Å². The quantitative estimate of drug-likeness (QED) is 0.299. The lowest BCUT2D eigenvalue weighted by Gasteiger charge is -2.16. The molecule has 1 atom stereocenters. The molecule has 5 rings (SSSR count). The van der Waals surface area contributed by atoms with E-state index in [1.54, 1.807) is 43.4 Å². The second-order valence-corrected chi connectivity index (χ2v) is 8.72. The third-order valence-corrected chi connectivity index (χ3v) is 6.27. The monoisotopic (exact) mass is 530 g/mol. The summed E-state index contributed by atoms with van der Waals surface area (Å²) in [6, 6.07) is 11.5. The molecule has 0 radical (unpaired) electrons. The van der Waals surface area contributed by atoms with Gasteiger partial charge in [0.1, 0.15) is 28.8 Å². The minimum Gasteiger partial charge on any atom is -0.494 e. The molecular formula is C25H22ClF3N6O2. The number of methoxy groups -OCH3 is 1. The minimum absolute atomic E-state index is 0.0894. The lowest BCUT2D eigenvalue weighted by atomic mass is 9.96. The van der Waals surface area contributed by atoms with Gasteiger partial charge in [0.15, 0.2) is 0 Å². The van der Waals surface area contributed by atoms with E-state index in [0.717, 1.165) is 35.3 Å². The first-order valence-electron chi connectivity index (χ1n) is 11.3. The minimum atomic E-state index is -4.73. The van der Waals surface area contributed by atoms with Crippen molar-refractivity contribution in [3.05, 3.63) is 77.0 Å². The highest BCUT2D eigenvalue weighted by Gasteiger charge is 2.32. The molecule has 4 aromatic rings. The fourth-order valence-corrected chi connectivity index (χ4v) is 4.63. The fraction of sp³-hybridized carbons (Fsp3) is 0.240. The standard InChI is InChI=1S/C25H22ClF3N6O2/c1-30-23-18-9-8-17(14-3-6-16(7-4-14)37-25(27,28)29)22(18)33-24(34-23)32-15-5-10-19(20(11-15)36-2)35-12-21(26)31-13-35/h3-7,10-13,17H,8-9H2,1-2H3,(H2,30,32,33,34)/t17-/m1/s1. The van der Waals surface area contributed by atoms with Crippen LogP contribution in [0.25, 0.3) is 5.69 Å². The largest absolute Gasteiger partial charge is 0.573 e. The summed E-state index contributed by atoms with van der Waals surface area (Å²) in [7, 11) is 3.36. The predicted molar refractivity (Wildman–Crippen MR) is 133 cm³/mol. The summed E-state index contributed by atoms with van der Waals surface area (Å²) in [5.74, 6) is 1.32. The number of anilines is 3. The topological polar surface area (TPSA) is 86.1 Å². The molecule has 0 aliphatic heterocycles. The molecule has 0 amide bonds. The molecule has 8 nitrogen and oxygen atoms in total. The summed E-state index contributed by atoms with van der Waals surface area (Å²) in [6.45, 7) is 0. The Kier molecular flexibility index (Phi) is 6.55. The molecule has 1 aliphatic carbocycles. The van der Waals surface area contributed by atoms with Gasteiger partial charge < -0.3 is 24.7 Å². The number of hydrogen-bond donors (Lipinski definition) is 2. The van der Waals surface area contributed by atoms with E-state index in [-0.39, 0.29) is 11.7 Å². The number of nitrogens with one attached hydrogen (secondary N) is 2. The van der Waals surface area contributed by atoms with Crippen LogP contribution in [0.4, 0.5) is 30.6 Å². The molecule has 0 spiro atoms. The number of imidazole rings is 1. The van der Waals surface area contributed by atoms with Crippen molar-refractivity contribution < 1.29 is 22.6 Å². The van der Waals surface area contributed by atoms with Gasteiger partial charge in [-0.2, -0.15) is 4.98 Å². The summed E-state index contributed by atoms with van der Waals surface area (Å²) in [6.07, 6.45) is 0.0454. The van der Waals surface area contributed by atoms with E-state index in [1.165, 1.54) is 12.1 Å². The summed E-state index contributed by atoms with van der Waals surface area (Å²) < 4.78 is 48.9. The number of hydrogen-bond acceptors (Lipinski definition) is 7. The van der Waals surface area contributed by atoms with Crippen molar-refractivity contribution in [1.29, 1.82) is 0 Å². The Hall–Kier alpha value is -3.99. The number of ether oxygens (including phenoxy) is 2. The van der Waals surface area contributed by atoms with Crippen molar-refractivity contribution in [3.63, 3.8) is 0 Å². The van der Waals surface area contributed by atoms with Crippen LogP contribution < -0.4 is 20.1 Å². The maximum absolute atomic E-state index is 12.5. The van der Waals surface area contributed by atoms with Gasteiger partial charge in [-0.1, -0.05) is 23.7 Å². The molecule has 12 heteroatoms. The number of fused-ring (bicyclic) bond motifs is 1. The molecule has 192 valence electrons. The van der Waals surface area contributed by atoms with Gasteiger partial charge in [0.2, 0.25) is 5.95 Å². The molecule has 0 saturated carbocycles. The van der Waals surface area contributed by atoms with Gasteiger partial charge in [0.25, 0.3) is 0 Å². The SMILES string of the molecule is CNc1nc(Nc2ccc(-n3cnc(Cl)c3)c(OC)c2)nc2c1CC[C@@H]2c1ccc(OC(F)(F)F)cc1. The lowest BCUT2D eigenvalue weighted by Crippen LogP contribution is -2.17. The number of rotatable bonds is 7. The van der Waals surface area contributed by atoms with Gasteiger partial charge in [-0.05, 0) is 42.7 Å². The van der Waals surface area contributed by atoms with Crippen LogP contribution in [-0.2, 0) is 6.42 Å². The average Bonchev–Trinajstić information content (AvgIpc) is 3.49. The van der Waals surface area contributed by atoms with E-state index in [1.807, 2.05) is 18.2 Å². The zero-order chi connectivity index (χ0) is 26.2. The number of nitrogens with zero attached hydrogens (tertiary/aromatic N) is 4. The molecular weight excluding hydrogens is 509 g/mol. The Morgan fingerprint density at radius 3 is 2.54 bits per heavy atom. The Morgan fingerprint density at radius 2 is 1.89 bits per heavy atom. The Morgan fingerprint density at radius 1 is 1.11 bits per heavy atom. The predicted octanol–water partition coefficient (Wildman–Crippen LogP) is 6.09. The first-order valence-corrected chi connectivity index (χ1v) is 11.7. The number of aromatic nitrogens is 4. The fourth-order valence-electron chi connectivity index (χ4n) is 4.48.